The van der Waals surface area contributed by atoms with Gasteiger partial charge >= 0.3 is 0 Å². The Kier molecular flexibility index (Phi) is 4.81. The van der Waals surface area contributed by atoms with Crippen LogP contribution in [0.25, 0.3) is 0 Å². The number of halogens is 1. The van der Waals surface area contributed by atoms with E-state index < -0.39 is 0 Å². The molecule has 0 spiro atoms. The highest BCUT2D eigenvalue weighted by Crippen LogP contribution is 2.28. The van der Waals surface area contributed by atoms with Gasteiger partial charge in [0.1, 0.15) is 11.5 Å². The van der Waals surface area contributed by atoms with Gasteiger partial charge in [0.2, 0.25) is 0 Å². The molecule has 3 heteroatoms. The monoisotopic (exact) mass is 310 g/mol. The standard InChI is InChI=1S/C15H19BrO2/c1-18-13-7-8-14(16)12(10-13)6-9-15(17)11-4-2-3-5-11/h7-8,10-11H,2-6,9H2,1H3. The second-order valence-electron chi connectivity index (χ2n) is 4.91. The molecule has 2 nitrogen and oxygen atoms in total. The van der Waals surface area contributed by atoms with Crippen molar-refractivity contribution in [1.82, 2.24) is 0 Å². The molecule has 1 saturated carbocycles. The van der Waals surface area contributed by atoms with E-state index in [9.17, 15) is 4.79 Å². The fraction of sp³-hybridized carbons (Fsp3) is 0.533. The van der Waals surface area contributed by atoms with Gasteiger partial charge in [0, 0.05) is 16.8 Å². The van der Waals surface area contributed by atoms with Gasteiger partial charge in [0.25, 0.3) is 0 Å². The highest BCUT2D eigenvalue weighted by Gasteiger charge is 2.22. The van der Waals surface area contributed by atoms with E-state index in [1.54, 1.807) is 7.11 Å². The molecule has 0 bridgehead atoms. The Balaban J connectivity index is 1.94. The first-order valence-electron chi connectivity index (χ1n) is 6.56. The van der Waals surface area contributed by atoms with Gasteiger partial charge in [-0.05, 0) is 43.0 Å². The summed E-state index contributed by atoms with van der Waals surface area (Å²) < 4.78 is 6.27. The largest absolute Gasteiger partial charge is 0.497 e. The molecule has 18 heavy (non-hydrogen) atoms. The van der Waals surface area contributed by atoms with E-state index in [1.807, 2.05) is 18.2 Å². The van der Waals surface area contributed by atoms with Crippen molar-refractivity contribution in [2.45, 2.75) is 38.5 Å². The summed E-state index contributed by atoms with van der Waals surface area (Å²) in [6, 6.07) is 5.91. The van der Waals surface area contributed by atoms with Gasteiger partial charge in [-0.15, -0.1) is 0 Å². The summed E-state index contributed by atoms with van der Waals surface area (Å²) in [4.78, 5) is 12.0. The van der Waals surface area contributed by atoms with Crippen molar-refractivity contribution < 1.29 is 9.53 Å². The van der Waals surface area contributed by atoms with Crippen molar-refractivity contribution in [2.24, 2.45) is 5.92 Å². The van der Waals surface area contributed by atoms with Gasteiger partial charge in [-0.1, -0.05) is 28.8 Å². The number of aryl methyl sites for hydroxylation is 1. The number of methoxy groups -OCH3 is 1. The number of ether oxygens (including phenoxy) is 1. The SMILES string of the molecule is COc1ccc(Br)c(CCC(=O)C2CCCC2)c1. The van der Waals surface area contributed by atoms with E-state index in [0.717, 1.165) is 35.0 Å². The van der Waals surface area contributed by atoms with Crippen LogP contribution in [0.3, 0.4) is 0 Å². The molecule has 1 aliphatic carbocycles. The van der Waals surface area contributed by atoms with E-state index in [0.29, 0.717) is 18.1 Å². The number of carbonyl (C=O) groups is 1. The number of hydrogen-bond acceptors (Lipinski definition) is 2. The maximum atomic E-state index is 12.0. The molecule has 0 saturated heterocycles. The van der Waals surface area contributed by atoms with Crippen LogP contribution in [0.2, 0.25) is 0 Å². The van der Waals surface area contributed by atoms with Crippen LogP contribution < -0.4 is 4.74 Å². The van der Waals surface area contributed by atoms with Crippen molar-refractivity contribution >= 4 is 21.7 Å². The van der Waals surface area contributed by atoms with E-state index in [2.05, 4.69) is 15.9 Å². The van der Waals surface area contributed by atoms with Crippen molar-refractivity contribution in [1.29, 1.82) is 0 Å². The molecule has 0 heterocycles. The molecule has 0 aliphatic heterocycles. The molecule has 1 fully saturated rings. The fourth-order valence-corrected chi connectivity index (χ4v) is 3.02. The molecule has 1 aromatic carbocycles. The Morgan fingerprint density at radius 3 is 2.78 bits per heavy atom. The lowest BCUT2D eigenvalue weighted by molar-refractivity contribution is -0.122. The van der Waals surface area contributed by atoms with Crippen molar-refractivity contribution in [3.8, 4) is 5.75 Å². The predicted molar refractivity (Wildman–Crippen MR) is 76.0 cm³/mol. The second-order valence-corrected chi connectivity index (χ2v) is 5.76. The molecule has 98 valence electrons. The quantitative estimate of drug-likeness (QED) is 0.816. The number of benzene rings is 1. The predicted octanol–water partition coefficient (Wildman–Crippen LogP) is 4.15. The molecule has 2 rings (SSSR count). The van der Waals surface area contributed by atoms with Gasteiger partial charge in [-0.25, -0.2) is 0 Å². The van der Waals surface area contributed by atoms with Gasteiger partial charge in [-0.2, -0.15) is 0 Å². The summed E-state index contributed by atoms with van der Waals surface area (Å²) in [5, 5.41) is 0. The van der Waals surface area contributed by atoms with Crippen LogP contribution in [0.5, 0.6) is 5.75 Å². The Morgan fingerprint density at radius 1 is 1.39 bits per heavy atom. The minimum atomic E-state index is 0.328. The minimum Gasteiger partial charge on any atom is -0.497 e. The highest BCUT2D eigenvalue weighted by atomic mass is 79.9. The van der Waals surface area contributed by atoms with E-state index in [1.165, 1.54) is 12.8 Å². The molecule has 0 radical (unpaired) electrons. The Hall–Kier alpha value is -0.830. The van der Waals surface area contributed by atoms with Crippen molar-refractivity contribution in [3.05, 3.63) is 28.2 Å². The highest BCUT2D eigenvalue weighted by molar-refractivity contribution is 9.10. The molecular formula is C15H19BrO2. The van der Waals surface area contributed by atoms with E-state index in [4.69, 9.17) is 4.74 Å². The zero-order chi connectivity index (χ0) is 13.0. The fourth-order valence-electron chi connectivity index (χ4n) is 2.58. The van der Waals surface area contributed by atoms with Crippen LogP contribution in [-0.2, 0) is 11.2 Å². The van der Waals surface area contributed by atoms with Gasteiger partial charge < -0.3 is 4.74 Å². The molecule has 1 aliphatic rings. The van der Waals surface area contributed by atoms with Crippen LogP contribution in [0.1, 0.15) is 37.7 Å². The molecule has 0 N–H and O–H groups in total. The van der Waals surface area contributed by atoms with Gasteiger partial charge in [-0.3, -0.25) is 4.79 Å². The summed E-state index contributed by atoms with van der Waals surface area (Å²) in [6.07, 6.45) is 6.08. The van der Waals surface area contributed by atoms with Gasteiger partial charge in [0.15, 0.2) is 0 Å². The number of carbonyl (C=O) groups excluding carboxylic acids is 1. The third kappa shape index (κ3) is 3.35. The summed E-state index contributed by atoms with van der Waals surface area (Å²) in [5.74, 6) is 1.61. The lowest BCUT2D eigenvalue weighted by Crippen LogP contribution is -2.11. The Morgan fingerprint density at radius 2 is 2.11 bits per heavy atom. The second kappa shape index (κ2) is 6.37. The number of hydrogen-bond donors (Lipinski definition) is 0. The van der Waals surface area contributed by atoms with E-state index in [-0.39, 0.29) is 0 Å². The maximum Gasteiger partial charge on any atom is 0.136 e. The average molecular weight is 311 g/mol. The Bertz CT molecular complexity index is 423. The smallest absolute Gasteiger partial charge is 0.136 e. The van der Waals surface area contributed by atoms with Crippen molar-refractivity contribution in [3.63, 3.8) is 0 Å². The lowest BCUT2D eigenvalue weighted by atomic mass is 9.97. The first-order chi connectivity index (χ1) is 8.70. The molecule has 0 amide bonds. The van der Waals surface area contributed by atoms with Crippen LogP contribution in [-0.4, -0.2) is 12.9 Å². The van der Waals surface area contributed by atoms with Crippen LogP contribution in [0.15, 0.2) is 22.7 Å². The summed E-state index contributed by atoms with van der Waals surface area (Å²) >= 11 is 3.53. The first kappa shape index (κ1) is 13.6. The number of rotatable bonds is 5. The topological polar surface area (TPSA) is 26.3 Å². The third-order valence-electron chi connectivity index (χ3n) is 3.70. The lowest BCUT2D eigenvalue weighted by Gasteiger charge is -2.10. The van der Waals surface area contributed by atoms with Crippen LogP contribution in [0.4, 0.5) is 0 Å². The number of ketones is 1. The molecule has 0 aromatic heterocycles. The first-order valence-corrected chi connectivity index (χ1v) is 7.35. The number of Topliss-reactive ketones (excluding diaryl/α,β-unsaturated/α-hetero) is 1. The molecule has 0 atom stereocenters. The van der Waals surface area contributed by atoms with Crippen LogP contribution in [0, 0.1) is 5.92 Å². The third-order valence-corrected chi connectivity index (χ3v) is 4.48. The normalized spacial score (nSPS) is 15.9. The minimum absolute atomic E-state index is 0.328. The zero-order valence-corrected chi connectivity index (χ0v) is 12.3. The average Bonchev–Trinajstić information content (AvgIpc) is 2.91. The summed E-state index contributed by atoms with van der Waals surface area (Å²) in [7, 11) is 1.66. The zero-order valence-electron chi connectivity index (χ0n) is 10.7. The molecular weight excluding hydrogens is 292 g/mol. The Labute approximate surface area is 117 Å². The molecule has 1 aromatic rings. The summed E-state index contributed by atoms with van der Waals surface area (Å²) in [5.41, 5.74) is 1.15. The van der Waals surface area contributed by atoms with Crippen LogP contribution >= 0.6 is 15.9 Å². The van der Waals surface area contributed by atoms with Crippen molar-refractivity contribution in [2.75, 3.05) is 7.11 Å². The van der Waals surface area contributed by atoms with Gasteiger partial charge in [0.05, 0.1) is 7.11 Å². The summed E-state index contributed by atoms with van der Waals surface area (Å²) in [6.45, 7) is 0. The molecule has 0 unspecified atom stereocenters. The maximum absolute atomic E-state index is 12.0. The van der Waals surface area contributed by atoms with E-state index >= 15 is 0 Å².